The Morgan fingerprint density at radius 2 is 1.54 bits per heavy atom. The third kappa shape index (κ3) is 9.42. The third-order valence-electron chi connectivity index (χ3n) is 18.6. The van der Waals surface area contributed by atoms with Crippen LogP contribution in [-0.2, 0) is 63.6 Å². The quantitative estimate of drug-likeness (QED) is 0.145. The zero-order chi connectivity index (χ0) is 50.1. The van der Waals surface area contributed by atoms with E-state index in [2.05, 4.69) is 43.9 Å². The van der Waals surface area contributed by atoms with Crippen molar-refractivity contribution >= 4 is 23.9 Å². The second kappa shape index (κ2) is 19.9. The van der Waals surface area contributed by atoms with Crippen LogP contribution in [0.2, 0.25) is 0 Å². The largest absolute Gasteiger partial charge is 0.463 e. The van der Waals surface area contributed by atoms with E-state index in [9.17, 15) is 24.3 Å². The standard InChI is InChI=1S/C53H78N4O13/c1-26-18-43-46(31(6)53(70-43)17-15-39-40-13-12-36-19-38(62)14-16-52(36,11)42(40)20-41(39)30(53)5)56(21-26)22-37-23-57(55-54-37)50-48(65-34(9)60)29(4)47(45(67-50)25-64-33(8)59)69-51-49(66-35(10)61)28(3)27(2)44(68-51)24-63-32(7)58/h12,23,26-29,31,38-40,42-51,62H,13-22,24-25H2,1-11H3/t26-,27+,28?,29?,31+,38-,39-,40-,42-,43+,44?,45?,46-,47-,48-,49-,50+,51-,52-,53-/m0/s1. The van der Waals surface area contributed by atoms with Gasteiger partial charge in [0.25, 0.3) is 0 Å². The summed E-state index contributed by atoms with van der Waals surface area (Å²) in [7, 11) is 0. The molecule has 6 fully saturated rings. The number of hydrogen-bond acceptors (Lipinski definition) is 16. The first-order valence-corrected chi connectivity index (χ1v) is 26.2. The first-order valence-electron chi connectivity index (χ1n) is 26.2. The van der Waals surface area contributed by atoms with Gasteiger partial charge in [-0.15, -0.1) is 5.10 Å². The van der Waals surface area contributed by atoms with Crippen molar-refractivity contribution in [3.8, 4) is 0 Å². The van der Waals surface area contributed by atoms with E-state index in [1.54, 1.807) is 10.3 Å². The zero-order valence-electron chi connectivity index (χ0n) is 43.2. The number of aromatic nitrogens is 3. The molecule has 5 heterocycles. The minimum atomic E-state index is -1.14. The van der Waals surface area contributed by atoms with Gasteiger partial charge >= 0.3 is 23.9 Å². The molecule has 388 valence electrons. The van der Waals surface area contributed by atoms with E-state index in [0.29, 0.717) is 30.2 Å². The number of aliphatic hydroxyl groups is 1. The van der Waals surface area contributed by atoms with Crippen LogP contribution in [0.1, 0.15) is 139 Å². The SMILES string of the molecule is CC(=O)OCC1O[C@@H](O[C@@H]2C(COC(C)=O)O[C@@H](n3cc(CN4C[C@@H](C)C[C@H]5O[C@]6(CC[C@@H]7C(=C6C)C[C@H]6[C@H]7CC=C7C[C@@H](O)CC[C@@]76C)[C@H](C)[C@@H]54)nn3)[C@@H](OC(C)=O)C2C)[C@@H](OC(C)=O)C(C)[C@H]1C. The summed E-state index contributed by atoms with van der Waals surface area (Å²) in [6.07, 6.45) is 6.03. The van der Waals surface area contributed by atoms with Crippen molar-refractivity contribution in [1.82, 2.24) is 19.9 Å². The fourth-order valence-corrected chi connectivity index (χ4v) is 14.9. The number of rotatable bonds is 11. The maximum atomic E-state index is 12.9. The average Bonchev–Trinajstić information content (AvgIpc) is 4.00. The molecule has 1 aromatic rings. The average molecular weight is 979 g/mol. The number of ether oxygens (including phenoxy) is 8. The van der Waals surface area contributed by atoms with Gasteiger partial charge in [0, 0.05) is 64.6 Å². The molecule has 1 spiro atoms. The van der Waals surface area contributed by atoms with E-state index in [0.717, 1.165) is 63.6 Å². The molecule has 0 amide bonds. The molecule has 1 aromatic heterocycles. The molecule has 4 aliphatic heterocycles. The van der Waals surface area contributed by atoms with Crippen LogP contribution in [0.4, 0.5) is 0 Å². The number of carbonyl (C=O) groups excluding carboxylic acids is 4. The molecule has 4 aliphatic carbocycles. The Kier molecular flexibility index (Phi) is 14.6. The maximum absolute atomic E-state index is 12.9. The Bertz CT molecular complexity index is 2210. The highest BCUT2D eigenvalue weighted by atomic mass is 16.7. The molecule has 20 atom stereocenters. The van der Waals surface area contributed by atoms with Gasteiger partial charge in [0.2, 0.25) is 0 Å². The maximum Gasteiger partial charge on any atom is 0.303 e. The number of allylic oxidation sites excluding steroid dienone is 2. The van der Waals surface area contributed by atoms with E-state index >= 15 is 0 Å². The van der Waals surface area contributed by atoms with Crippen LogP contribution in [0.5, 0.6) is 0 Å². The minimum Gasteiger partial charge on any atom is -0.463 e. The van der Waals surface area contributed by atoms with Crippen molar-refractivity contribution in [3.63, 3.8) is 0 Å². The van der Waals surface area contributed by atoms with E-state index in [4.69, 9.17) is 43.0 Å². The lowest BCUT2D eigenvalue weighted by Crippen LogP contribution is -2.59. The van der Waals surface area contributed by atoms with Crippen LogP contribution in [0.25, 0.3) is 0 Å². The zero-order valence-corrected chi connectivity index (χ0v) is 43.2. The number of esters is 4. The molecule has 1 N–H and O–H groups in total. The van der Waals surface area contributed by atoms with Crippen molar-refractivity contribution < 1.29 is 62.2 Å². The van der Waals surface area contributed by atoms with Gasteiger partial charge < -0.3 is 43.0 Å². The fraction of sp³-hybridized carbons (Fsp3) is 0.811. The van der Waals surface area contributed by atoms with Crippen molar-refractivity contribution in [2.45, 2.75) is 201 Å². The summed E-state index contributed by atoms with van der Waals surface area (Å²) in [5, 5.41) is 19.9. The van der Waals surface area contributed by atoms with Gasteiger partial charge in [0.05, 0.1) is 41.9 Å². The highest BCUT2D eigenvalue weighted by Crippen LogP contribution is 2.65. The van der Waals surface area contributed by atoms with Crippen molar-refractivity contribution in [3.05, 3.63) is 34.7 Å². The molecule has 17 heteroatoms. The summed E-state index contributed by atoms with van der Waals surface area (Å²) in [6, 6.07) is 0.172. The van der Waals surface area contributed by atoms with E-state index < -0.39 is 72.8 Å². The number of aliphatic hydroxyl groups excluding tert-OH is 1. The number of nitrogens with zero attached hydrogens (tertiary/aromatic N) is 4. The molecule has 4 saturated heterocycles. The van der Waals surface area contributed by atoms with Gasteiger partial charge in [0.1, 0.15) is 19.3 Å². The lowest BCUT2D eigenvalue weighted by Gasteiger charge is -2.49. The summed E-state index contributed by atoms with van der Waals surface area (Å²) in [5.74, 6) is -0.632. The summed E-state index contributed by atoms with van der Waals surface area (Å²) in [5.41, 5.74) is 5.16. The van der Waals surface area contributed by atoms with Crippen molar-refractivity contribution in [2.75, 3.05) is 19.8 Å². The third-order valence-corrected chi connectivity index (χ3v) is 18.6. The summed E-state index contributed by atoms with van der Waals surface area (Å²) < 4.78 is 51.6. The number of fused-ring (bicyclic) bond motifs is 6. The van der Waals surface area contributed by atoms with E-state index in [1.165, 1.54) is 38.8 Å². The lowest BCUT2D eigenvalue weighted by atomic mass is 9.56. The summed E-state index contributed by atoms with van der Waals surface area (Å²) >= 11 is 0. The van der Waals surface area contributed by atoms with Crippen LogP contribution in [-0.4, -0.2) is 129 Å². The van der Waals surface area contributed by atoms with Crippen LogP contribution in [0.3, 0.4) is 0 Å². The highest BCUT2D eigenvalue weighted by molar-refractivity contribution is 5.67. The van der Waals surface area contributed by atoms with Crippen LogP contribution in [0, 0.1) is 52.8 Å². The van der Waals surface area contributed by atoms with Crippen LogP contribution >= 0.6 is 0 Å². The Labute approximate surface area is 413 Å². The number of piperidine rings is 1. The Morgan fingerprint density at radius 1 is 0.843 bits per heavy atom. The van der Waals surface area contributed by atoms with Gasteiger partial charge in [-0.25, -0.2) is 4.68 Å². The molecule has 0 aromatic carbocycles. The number of hydrogen-bond donors (Lipinski definition) is 1. The molecular formula is C53H78N4O13. The molecule has 2 saturated carbocycles. The Balaban J connectivity index is 0.948. The Morgan fingerprint density at radius 3 is 2.24 bits per heavy atom. The van der Waals surface area contributed by atoms with Crippen molar-refractivity contribution in [1.29, 1.82) is 0 Å². The van der Waals surface area contributed by atoms with Crippen molar-refractivity contribution in [2.24, 2.45) is 52.8 Å². The van der Waals surface area contributed by atoms with Crippen LogP contribution < -0.4 is 0 Å². The lowest BCUT2D eigenvalue weighted by molar-refractivity contribution is -0.330. The van der Waals surface area contributed by atoms with E-state index in [1.807, 2.05) is 27.0 Å². The normalized spacial score (nSPS) is 43.6. The van der Waals surface area contributed by atoms with Crippen LogP contribution in [0.15, 0.2) is 29.0 Å². The van der Waals surface area contributed by atoms with Gasteiger partial charge in [-0.3, -0.25) is 24.1 Å². The molecule has 17 nitrogen and oxygen atoms in total. The first kappa shape index (κ1) is 51.2. The first-order chi connectivity index (χ1) is 33.2. The van der Waals surface area contributed by atoms with E-state index in [-0.39, 0.29) is 60.2 Å². The topological polar surface area (TPSA) is 196 Å². The number of likely N-dealkylation sites (tertiary alicyclic amines) is 1. The molecule has 8 aliphatic rings. The predicted octanol–water partition coefficient (Wildman–Crippen LogP) is 6.41. The molecule has 70 heavy (non-hydrogen) atoms. The molecular weight excluding hydrogens is 901 g/mol. The molecule has 0 bridgehead atoms. The van der Waals surface area contributed by atoms with Gasteiger partial charge in [0.15, 0.2) is 24.7 Å². The summed E-state index contributed by atoms with van der Waals surface area (Å²) in [4.78, 5) is 51.9. The molecule has 9 rings (SSSR count). The fourth-order valence-electron chi connectivity index (χ4n) is 14.9. The molecule has 4 unspecified atom stereocenters. The van der Waals surface area contributed by atoms with Gasteiger partial charge in [-0.1, -0.05) is 64.0 Å². The second-order valence-corrected chi connectivity index (χ2v) is 22.9. The Hall–Kier alpha value is -3.74. The highest BCUT2D eigenvalue weighted by Gasteiger charge is 2.62. The monoisotopic (exact) mass is 979 g/mol. The molecule has 0 radical (unpaired) electrons. The predicted molar refractivity (Wildman–Crippen MR) is 252 cm³/mol. The minimum absolute atomic E-state index is 0.0386. The van der Waals surface area contributed by atoms with Gasteiger partial charge in [-0.05, 0) is 98.9 Å². The smallest absolute Gasteiger partial charge is 0.303 e. The van der Waals surface area contributed by atoms with Gasteiger partial charge in [-0.2, -0.15) is 0 Å². The second-order valence-electron chi connectivity index (χ2n) is 22.9. The number of carbonyl (C=O) groups is 4. The summed E-state index contributed by atoms with van der Waals surface area (Å²) in [6.45, 7) is 21.7.